The van der Waals surface area contributed by atoms with Crippen LogP contribution in [0.2, 0.25) is 0 Å². The number of ether oxygens (including phenoxy) is 1. The first-order chi connectivity index (χ1) is 16.9. The highest BCUT2D eigenvalue weighted by Gasteiger charge is 2.22. The Morgan fingerprint density at radius 3 is 2.57 bits per heavy atom. The number of sulfone groups is 1. The molecule has 0 unspecified atom stereocenters. The zero-order chi connectivity index (χ0) is 24.8. The molecule has 35 heavy (non-hydrogen) atoms. The van der Waals surface area contributed by atoms with Gasteiger partial charge in [-0.1, -0.05) is 30.4 Å². The molecule has 0 aliphatic heterocycles. The summed E-state index contributed by atoms with van der Waals surface area (Å²) in [6.07, 6.45) is 4.62. The molecule has 0 bridgehead atoms. The van der Waals surface area contributed by atoms with Crippen LogP contribution in [0.3, 0.4) is 0 Å². The third kappa shape index (κ3) is 6.04. The molecule has 1 amide bonds. The first-order valence-corrected chi connectivity index (χ1v) is 13.8. The average molecular weight is 510 g/mol. The molecule has 0 spiro atoms. The third-order valence-electron chi connectivity index (χ3n) is 5.67. The number of nitrogens with zero attached hydrogens (tertiary/aromatic N) is 3. The van der Waals surface area contributed by atoms with Gasteiger partial charge in [-0.3, -0.25) is 14.7 Å². The fourth-order valence-electron chi connectivity index (χ4n) is 3.68. The molecular formula is C26H27N3O4S2. The molecule has 2 aromatic heterocycles. The van der Waals surface area contributed by atoms with E-state index >= 15 is 0 Å². The summed E-state index contributed by atoms with van der Waals surface area (Å²) < 4.78 is 31.6. The van der Waals surface area contributed by atoms with Crippen LogP contribution in [0, 0.1) is 0 Å². The summed E-state index contributed by atoms with van der Waals surface area (Å²) in [4.78, 5) is 24.0. The number of amides is 1. The summed E-state index contributed by atoms with van der Waals surface area (Å²) in [6, 6.07) is 16.1. The normalized spacial score (nSPS) is 11.5. The van der Waals surface area contributed by atoms with Gasteiger partial charge in [0.25, 0.3) is 0 Å². The number of aryl methyl sites for hydroxylation is 1. The minimum atomic E-state index is -3.51. The molecule has 0 radical (unpaired) electrons. The van der Waals surface area contributed by atoms with Crippen LogP contribution in [0.4, 0.5) is 5.13 Å². The quantitative estimate of drug-likeness (QED) is 0.297. The van der Waals surface area contributed by atoms with E-state index in [2.05, 4.69) is 18.0 Å². The number of hydrogen-bond acceptors (Lipinski definition) is 7. The van der Waals surface area contributed by atoms with Crippen LogP contribution >= 0.6 is 11.3 Å². The predicted molar refractivity (Wildman–Crippen MR) is 139 cm³/mol. The maximum atomic E-state index is 13.3. The van der Waals surface area contributed by atoms with Crippen LogP contribution in [-0.2, 0) is 27.6 Å². The van der Waals surface area contributed by atoms with E-state index in [0.29, 0.717) is 17.4 Å². The molecule has 0 saturated heterocycles. The summed E-state index contributed by atoms with van der Waals surface area (Å²) in [6.45, 7) is 2.42. The van der Waals surface area contributed by atoms with Gasteiger partial charge in [0.2, 0.25) is 5.91 Å². The smallest absolute Gasteiger partial charge is 0.229 e. The van der Waals surface area contributed by atoms with Crippen molar-refractivity contribution in [2.45, 2.75) is 37.6 Å². The van der Waals surface area contributed by atoms with E-state index in [1.807, 2.05) is 24.3 Å². The zero-order valence-electron chi connectivity index (χ0n) is 19.7. The predicted octanol–water partition coefficient (Wildman–Crippen LogP) is 5.05. The summed E-state index contributed by atoms with van der Waals surface area (Å²) in [5, 5.41) is 0.597. The topological polar surface area (TPSA) is 89.5 Å². The van der Waals surface area contributed by atoms with Crippen LogP contribution in [0.1, 0.15) is 30.9 Å². The van der Waals surface area contributed by atoms with Gasteiger partial charge in [0, 0.05) is 18.8 Å². The van der Waals surface area contributed by atoms with Gasteiger partial charge in [0.15, 0.2) is 15.0 Å². The molecule has 7 nitrogen and oxygen atoms in total. The fraction of sp³-hybridized carbons (Fsp3) is 0.269. The Labute approximate surface area is 209 Å². The van der Waals surface area contributed by atoms with Gasteiger partial charge in [-0.25, -0.2) is 13.4 Å². The molecule has 0 atom stereocenters. The Balaban J connectivity index is 1.51. The van der Waals surface area contributed by atoms with Crippen molar-refractivity contribution >= 4 is 42.4 Å². The molecule has 2 aromatic carbocycles. The van der Waals surface area contributed by atoms with Gasteiger partial charge in [0.1, 0.15) is 5.75 Å². The molecule has 9 heteroatoms. The van der Waals surface area contributed by atoms with Crippen molar-refractivity contribution in [3.05, 3.63) is 78.1 Å². The Hall–Kier alpha value is -3.30. The Morgan fingerprint density at radius 1 is 1.09 bits per heavy atom. The maximum absolute atomic E-state index is 13.3. The van der Waals surface area contributed by atoms with Crippen molar-refractivity contribution in [3.8, 4) is 5.75 Å². The van der Waals surface area contributed by atoms with Crippen LogP contribution in [-0.4, -0.2) is 37.2 Å². The van der Waals surface area contributed by atoms with Gasteiger partial charge >= 0.3 is 0 Å². The van der Waals surface area contributed by atoms with Crippen molar-refractivity contribution < 1.29 is 17.9 Å². The van der Waals surface area contributed by atoms with E-state index in [1.54, 1.807) is 29.4 Å². The lowest BCUT2D eigenvalue weighted by molar-refractivity contribution is -0.118. The molecule has 0 aliphatic rings. The summed E-state index contributed by atoms with van der Waals surface area (Å²) in [5.74, 6) is 0.298. The highest BCUT2D eigenvalue weighted by atomic mass is 32.2. The van der Waals surface area contributed by atoms with E-state index in [0.717, 1.165) is 22.2 Å². The van der Waals surface area contributed by atoms with E-state index in [-0.39, 0.29) is 29.4 Å². The average Bonchev–Trinajstić information content (AvgIpc) is 3.30. The lowest BCUT2D eigenvalue weighted by Crippen LogP contribution is -2.30. The monoisotopic (exact) mass is 509 g/mol. The van der Waals surface area contributed by atoms with Crippen LogP contribution in [0.25, 0.3) is 10.2 Å². The molecule has 2 heterocycles. The number of rotatable bonds is 10. The zero-order valence-corrected chi connectivity index (χ0v) is 21.3. The number of methoxy groups -OCH3 is 1. The lowest BCUT2D eigenvalue weighted by atomic mass is 10.2. The minimum Gasteiger partial charge on any atom is -0.497 e. The van der Waals surface area contributed by atoms with Gasteiger partial charge < -0.3 is 4.74 Å². The van der Waals surface area contributed by atoms with Crippen molar-refractivity contribution in [2.75, 3.05) is 17.8 Å². The molecule has 182 valence electrons. The second kappa shape index (κ2) is 11.0. The number of carbonyl (C=O) groups excluding carboxylic acids is 1. The van der Waals surface area contributed by atoms with Gasteiger partial charge in [-0.05, 0) is 66.4 Å². The molecule has 0 fully saturated rings. The molecule has 0 aliphatic carbocycles. The fourth-order valence-corrected chi connectivity index (χ4v) is 6.03. The molecule has 0 saturated carbocycles. The first kappa shape index (κ1) is 24.8. The highest BCUT2D eigenvalue weighted by molar-refractivity contribution is 7.91. The van der Waals surface area contributed by atoms with E-state index in [9.17, 15) is 13.2 Å². The number of pyridine rings is 1. The van der Waals surface area contributed by atoms with E-state index < -0.39 is 9.84 Å². The number of benzene rings is 2. The molecule has 4 aromatic rings. The number of anilines is 1. The first-order valence-electron chi connectivity index (χ1n) is 11.3. The van der Waals surface area contributed by atoms with E-state index in [4.69, 9.17) is 9.72 Å². The Morgan fingerprint density at radius 2 is 1.89 bits per heavy atom. The Kier molecular flexibility index (Phi) is 7.77. The standard InChI is InChI=1S/C26H27N3O4S2/c1-3-19-8-13-23-24(16-19)34-26(28-23)29(18-20-6-4-14-27-17-20)25(30)7-5-15-35(31,32)22-11-9-21(33-2)10-12-22/h4,6,8-14,16-17H,3,5,7,15,18H2,1-2H3. The number of hydrogen-bond donors (Lipinski definition) is 0. The van der Waals surface area contributed by atoms with Crippen LogP contribution < -0.4 is 9.64 Å². The number of aromatic nitrogens is 2. The van der Waals surface area contributed by atoms with Crippen LogP contribution in [0.5, 0.6) is 5.75 Å². The minimum absolute atomic E-state index is 0.0891. The molecular weight excluding hydrogens is 482 g/mol. The maximum Gasteiger partial charge on any atom is 0.229 e. The molecule has 4 rings (SSSR count). The summed E-state index contributed by atoms with van der Waals surface area (Å²) in [5.41, 5.74) is 2.93. The highest BCUT2D eigenvalue weighted by Crippen LogP contribution is 2.31. The van der Waals surface area contributed by atoms with Crippen molar-refractivity contribution in [3.63, 3.8) is 0 Å². The van der Waals surface area contributed by atoms with Gasteiger partial charge in [-0.15, -0.1) is 0 Å². The third-order valence-corrected chi connectivity index (χ3v) is 8.53. The van der Waals surface area contributed by atoms with Gasteiger partial charge in [0.05, 0.1) is 34.5 Å². The SMILES string of the molecule is CCc1ccc2nc(N(Cc3cccnc3)C(=O)CCCS(=O)(=O)c3ccc(OC)cc3)sc2c1. The molecule has 0 N–H and O–H groups in total. The lowest BCUT2D eigenvalue weighted by Gasteiger charge is -2.20. The number of thiazole rings is 1. The number of fused-ring (bicyclic) bond motifs is 1. The summed E-state index contributed by atoms with van der Waals surface area (Å²) in [7, 11) is -1.98. The number of carbonyl (C=O) groups is 1. The second-order valence-corrected chi connectivity index (χ2v) is 11.2. The van der Waals surface area contributed by atoms with Gasteiger partial charge in [-0.2, -0.15) is 0 Å². The largest absolute Gasteiger partial charge is 0.497 e. The van der Waals surface area contributed by atoms with Crippen LogP contribution in [0.15, 0.2) is 71.9 Å². The van der Waals surface area contributed by atoms with E-state index in [1.165, 1.54) is 36.1 Å². The van der Waals surface area contributed by atoms with Crippen molar-refractivity contribution in [1.82, 2.24) is 9.97 Å². The second-order valence-electron chi connectivity index (χ2n) is 8.09. The van der Waals surface area contributed by atoms with Crippen molar-refractivity contribution in [1.29, 1.82) is 0 Å². The Bertz CT molecular complexity index is 1400. The summed E-state index contributed by atoms with van der Waals surface area (Å²) >= 11 is 1.47. The van der Waals surface area contributed by atoms with Crippen molar-refractivity contribution in [2.24, 2.45) is 0 Å².